The highest BCUT2D eigenvalue weighted by Gasteiger charge is 2.17. The summed E-state index contributed by atoms with van der Waals surface area (Å²) >= 11 is 0. The predicted octanol–water partition coefficient (Wildman–Crippen LogP) is 0.148. The van der Waals surface area contributed by atoms with Crippen molar-refractivity contribution in [3.8, 4) is 11.5 Å². The highest BCUT2D eigenvalue weighted by Crippen LogP contribution is 2.32. The van der Waals surface area contributed by atoms with Crippen molar-refractivity contribution in [1.29, 1.82) is 0 Å². The van der Waals surface area contributed by atoms with Crippen LogP contribution in [0.25, 0.3) is 0 Å². The second-order valence-electron chi connectivity index (χ2n) is 3.09. The molecular formula is C9H11NO4S. The number of nitrogens with two attached hydrogens (primary N) is 1. The molecule has 2 rings (SSSR count). The molecule has 1 aromatic carbocycles. The van der Waals surface area contributed by atoms with Gasteiger partial charge in [0, 0.05) is 6.07 Å². The normalized spacial score (nSPS) is 15.0. The van der Waals surface area contributed by atoms with Crippen LogP contribution in [0.3, 0.4) is 0 Å². The van der Waals surface area contributed by atoms with Crippen molar-refractivity contribution >= 4 is 9.84 Å². The lowest BCUT2D eigenvalue weighted by Crippen LogP contribution is -2.17. The summed E-state index contributed by atoms with van der Waals surface area (Å²) in [6.45, 7) is 0.912. The van der Waals surface area contributed by atoms with Crippen molar-refractivity contribution in [2.24, 2.45) is 5.73 Å². The van der Waals surface area contributed by atoms with Crippen LogP contribution in [-0.4, -0.2) is 27.5 Å². The van der Waals surface area contributed by atoms with Gasteiger partial charge in [0.05, 0.1) is 4.90 Å². The first-order chi connectivity index (χ1) is 7.13. The summed E-state index contributed by atoms with van der Waals surface area (Å²) in [7, 11) is -3.39. The van der Waals surface area contributed by atoms with Crippen LogP contribution in [0.5, 0.6) is 11.5 Å². The summed E-state index contributed by atoms with van der Waals surface area (Å²) in [5.74, 6) is 0.611. The van der Waals surface area contributed by atoms with Crippen LogP contribution in [0.2, 0.25) is 0 Å². The summed E-state index contributed by atoms with van der Waals surface area (Å²) in [6, 6.07) is 4.49. The first-order valence-corrected chi connectivity index (χ1v) is 6.11. The Labute approximate surface area is 87.7 Å². The summed E-state index contributed by atoms with van der Waals surface area (Å²) < 4.78 is 33.5. The van der Waals surface area contributed by atoms with E-state index in [0.29, 0.717) is 24.7 Å². The molecule has 0 unspecified atom stereocenters. The highest BCUT2D eigenvalue weighted by molar-refractivity contribution is 7.91. The van der Waals surface area contributed by atoms with Crippen molar-refractivity contribution < 1.29 is 17.9 Å². The summed E-state index contributed by atoms with van der Waals surface area (Å²) in [6.07, 6.45) is 0. The van der Waals surface area contributed by atoms with Crippen LogP contribution < -0.4 is 15.2 Å². The van der Waals surface area contributed by atoms with Gasteiger partial charge in [-0.25, -0.2) is 8.42 Å². The Morgan fingerprint density at radius 2 is 1.87 bits per heavy atom. The third kappa shape index (κ3) is 1.91. The Hall–Kier alpha value is -1.27. The summed E-state index contributed by atoms with van der Waals surface area (Å²) in [5.41, 5.74) is 5.15. The first-order valence-electron chi connectivity index (χ1n) is 4.46. The molecule has 0 bridgehead atoms. The molecule has 0 amide bonds. The van der Waals surface area contributed by atoms with Gasteiger partial charge in [0.25, 0.3) is 0 Å². The molecule has 1 heterocycles. The number of hydrogen-bond donors (Lipinski definition) is 1. The van der Waals surface area contributed by atoms with Crippen LogP contribution in [0.1, 0.15) is 0 Å². The molecule has 2 N–H and O–H groups in total. The average molecular weight is 229 g/mol. The van der Waals surface area contributed by atoms with Gasteiger partial charge in [-0.2, -0.15) is 0 Å². The largest absolute Gasteiger partial charge is 0.486 e. The molecule has 0 fully saturated rings. The maximum atomic E-state index is 11.5. The van der Waals surface area contributed by atoms with E-state index in [9.17, 15) is 8.42 Å². The quantitative estimate of drug-likeness (QED) is 0.780. The first kappa shape index (κ1) is 10.3. The molecule has 1 aromatic rings. The number of rotatable bonds is 2. The van der Waals surface area contributed by atoms with Crippen molar-refractivity contribution in [3.05, 3.63) is 18.2 Å². The maximum absolute atomic E-state index is 11.5. The number of sulfone groups is 1. The van der Waals surface area contributed by atoms with E-state index < -0.39 is 15.7 Å². The SMILES string of the molecule is NCS(=O)(=O)c1ccc2c(c1)OCCO2. The Kier molecular flexibility index (Phi) is 2.54. The van der Waals surface area contributed by atoms with Crippen LogP contribution in [-0.2, 0) is 9.84 Å². The monoisotopic (exact) mass is 229 g/mol. The lowest BCUT2D eigenvalue weighted by Gasteiger charge is -2.18. The Morgan fingerprint density at radius 3 is 2.53 bits per heavy atom. The van der Waals surface area contributed by atoms with Gasteiger partial charge in [-0.1, -0.05) is 0 Å². The fourth-order valence-corrected chi connectivity index (χ4v) is 2.07. The Morgan fingerprint density at radius 1 is 1.20 bits per heavy atom. The molecule has 6 heteroatoms. The van der Waals surface area contributed by atoms with Crippen molar-refractivity contribution in [3.63, 3.8) is 0 Å². The average Bonchev–Trinajstić information content (AvgIpc) is 2.28. The molecule has 1 aliphatic rings. The zero-order valence-corrected chi connectivity index (χ0v) is 8.79. The van der Waals surface area contributed by atoms with E-state index in [1.807, 2.05) is 0 Å². The highest BCUT2D eigenvalue weighted by atomic mass is 32.2. The van der Waals surface area contributed by atoms with Gasteiger partial charge in [-0.05, 0) is 12.1 Å². The van der Waals surface area contributed by atoms with E-state index in [2.05, 4.69) is 0 Å². The molecular weight excluding hydrogens is 218 g/mol. The van der Waals surface area contributed by atoms with Crippen LogP contribution in [0.15, 0.2) is 23.1 Å². The van der Waals surface area contributed by atoms with E-state index in [4.69, 9.17) is 15.2 Å². The molecule has 0 atom stereocenters. The fourth-order valence-electron chi connectivity index (χ4n) is 1.31. The summed E-state index contributed by atoms with van der Waals surface area (Å²) in [5, 5.41) is 0. The maximum Gasteiger partial charge on any atom is 0.191 e. The lowest BCUT2D eigenvalue weighted by atomic mass is 10.3. The molecule has 1 aliphatic heterocycles. The van der Waals surface area contributed by atoms with E-state index in [1.54, 1.807) is 6.07 Å². The molecule has 0 aliphatic carbocycles. The third-order valence-corrected chi connectivity index (χ3v) is 3.50. The molecule has 0 radical (unpaired) electrons. The van der Waals surface area contributed by atoms with Crippen molar-refractivity contribution in [1.82, 2.24) is 0 Å². The lowest BCUT2D eigenvalue weighted by molar-refractivity contribution is 0.171. The predicted molar refractivity (Wildman–Crippen MR) is 53.7 cm³/mol. The van der Waals surface area contributed by atoms with Gasteiger partial charge in [0.2, 0.25) is 0 Å². The minimum atomic E-state index is -3.39. The zero-order valence-electron chi connectivity index (χ0n) is 7.97. The van der Waals surface area contributed by atoms with E-state index >= 15 is 0 Å². The van der Waals surface area contributed by atoms with Gasteiger partial charge >= 0.3 is 0 Å². The standard InChI is InChI=1S/C9H11NO4S/c10-6-15(11,12)7-1-2-8-9(5-7)14-4-3-13-8/h1-2,5H,3-4,6,10H2. The van der Waals surface area contributed by atoms with Crippen molar-refractivity contribution in [2.75, 3.05) is 19.1 Å². The Balaban J connectivity index is 2.45. The Bertz CT molecular complexity index is 469. The topological polar surface area (TPSA) is 78.6 Å². The van der Waals surface area contributed by atoms with Crippen LogP contribution >= 0.6 is 0 Å². The molecule has 0 saturated carbocycles. The van der Waals surface area contributed by atoms with Crippen LogP contribution in [0, 0.1) is 0 Å². The van der Waals surface area contributed by atoms with Crippen molar-refractivity contribution in [2.45, 2.75) is 4.90 Å². The van der Waals surface area contributed by atoms with Gasteiger partial charge < -0.3 is 15.2 Å². The molecule has 0 aromatic heterocycles. The van der Waals surface area contributed by atoms with E-state index in [1.165, 1.54) is 12.1 Å². The minimum absolute atomic E-state index is 0.161. The second-order valence-corrected chi connectivity index (χ2v) is 5.12. The second kappa shape index (κ2) is 3.71. The van der Waals surface area contributed by atoms with E-state index in [-0.39, 0.29) is 4.90 Å². The van der Waals surface area contributed by atoms with E-state index in [0.717, 1.165) is 0 Å². The van der Waals surface area contributed by atoms with Crippen LogP contribution in [0.4, 0.5) is 0 Å². The molecule has 15 heavy (non-hydrogen) atoms. The summed E-state index contributed by atoms with van der Waals surface area (Å²) in [4.78, 5) is 0.161. The third-order valence-electron chi connectivity index (χ3n) is 2.09. The minimum Gasteiger partial charge on any atom is -0.486 e. The smallest absolute Gasteiger partial charge is 0.191 e. The number of fused-ring (bicyclic) bond motifs is 1. The van der Waals surface area contributed by atoms with Gasteiger partial charge in [-0.15, -0.1) is 0 Å². The van der Waals surface area contributed by atoms with Gasteiger partial charge in [-0.3, -0.25) is 0 Å². The molecule has 82 valence electrons. The van der Waals surface area contributed by atoms with Gasteiger partial charge in [0.1, 0.15) is 19.1 Å². The molecule has 5 nitrogen and oxygen atoms in total. The van der Waals surface area contributed by atoms with Gasteiger partial charge in [0.15, 0.2) is 21.3 Å². The fraction of sp³-hybridized carbons (Fsp3) is 0.333. The number of ether oxygens (including phenoxy) is 2. The molecule has 0 spiro atoms. The number of hydrogen-bond acceptors (Lipinski definition) is 5. The number of benzene rings is 1. The molecule has 0 saturated heterocycles. The zero-order chi connectivity index (χ0) is 10.9.